The highest BCUT2D eigenvalue weighted by molar-refractivity contribution is 5.67. The molecule has 15 heavy (non-hydrogen) atoms. The zero-order valence-corrected chi connectivity index (χ0v) is 8.63. The molecule has 0 unspecified atom stereocenters. The Labute approximate surface area is 87.2 Å². The fourth-order valence-corrected chi connectivity index (χ4v) is 1.03. The van der Waals surface area contributed by atoms with Crippen molar-refractivity contribution in [3.05, 3.63) is 0 Å². The van der Waals surface area contributed by atoms with E-state index in [4.69, 9.17) is 14.6 Å². The third kappa shape index (κ3) is 5.79. The number of carbonyl (C=O) groups excluding carboxylic acids is 3. The maximum atomic E-state index is 10.7. The van der Waals surface area contributed by atoms with E-state index in [0.717, 1.165) is 6.92 Å². The summed E-state index contributed by atoms with van der Waals surface area (Å²) in [5, 5.41) is 8.90. The Morgan fingerprint density at radius 1 is 1.20 bits per heavy atom. The fourth-order valence-electron chi connectivity index (χ4n) is 1.03. The van der Waals surface area contributed by atoms with Crippen LogP contribution in [0.3, 0.4) is 0 Å². The number of carbonyl (C=O) groups is 3. The molecule has 1 N–H and O–H groups in total. The number of esters is 2. The Balaban J connectivity index is 4.44. The first kappa shape index (κ1) is 13.6. The summed E-state index contributed by atoms with van der Waals surface area (Å²) in [5.41, 5.74) is 0. The predicted octanol–water partition coefficient (Wildman–Crippen LogP) is -0.569. The second kappa shape index (κ2) is 6.94. The van der Waals surface area contributed by atoms with Crippen LogP contribution in [0.25, 0.3) is 0 Å². The summed E-state index contributed by atoms with van der Waals surface area (Å²) in [5.74, 6) is -1.22. The van der Waals surface area contributed by atoms with Crippen LogP contribution in [0, 0.1) is 0 Å². The van der Waals surface area contributed by atoms with Crippen LogP contribution in [0.1, 0.15) is 20.3 Å². The van der Waals surface area contributed by atoms with Crippen molar-refractivity contribution in [3.63, 3.8) is 0 Å². The molecule has 0 heterocycles. The summed E-state index contributed by atoms with van der Waals surface area (Å²) < 4.78 is 9.43. The fraction of sp³-hybridized carbons (Fsp3) is 0.667. The SMILES string of the molecule is CC(=O)O[C@@H](CC=O)[C@@H](CO)OC(C)=O. The van der Waals surface area contributed by atoms with Crippen LogP contribution < -0.4 is 0 Å². The van der Waals surface area contributed by atoms with E-state index in [1.54, 1.807) is 0 Å². The Kier molecular flexibility index (Phi) is 6.28. The van der Waals surface area contributed by atoms with Crippen LogP contribution in [-0.2, 0) is 23.9 Å². The first-order valence-corrected chi connectivity index (χ1v) is 4.40. The van der Waals surface area contributed by atoms with Gasteiger partial charge in [0.15, 0.2) is 6.10 Å². The highest BCUT2D eigenvalue weighted by atomic mass is 16.6. The average Bonchev–Trinajstić information content (AvgIpc) is 2.12. The molecule has 0 fully saturated rings. The number of ether oxygens (including phenoxy) is 2. The lowest BCUT2D eigenvalue weighted by Gasteiger charge is -2.22. The Bertz CT molecular complexity index is 237. The summed E-state index contributed by atoms with van der Waals surface area (Å²) in [4.78, 5) is 31.6. The molecular weight excluding hydrogens is 204 g/mol. The molecule has 6 nitrogen and oxygen atoms in total. The molecule has 0 aliphatic rings. The van der Waals surface area contributed by atoms with Crippen LogP contribution >= 0.6 is 0 Å². The van der Waals surface area contributed by atoms with Gasteiger partial charge in [-0.05, 0) is 0 Å². The molecule has 0 amide bonds. The van der Waals surface area contributed by atoms with E-state index in [1.807, 2.05) is 0 Å². The number of aldehydes is 1. The van der Waals surface area contributed by atoms with Gasteiger partial charge >= 0.3 is 11.9 Å². The molecule has 0 spiro atoms. The number of hydrogen-bond acceptors (Lipinski definition) is 6. The molecule has 0 aromatic rings. The lowest BCUT2D eigenvalue weighted by molar-refractivity contribution is -0.169. The van der Waals surface area contributed by atoms with E-state index in [-0.39, 0.29) is 6.42 Å². The molecule has 6 heteroatoms. The number of rotatable bonds is 6. The maximum Gasteiger partial charge on any atom is 0.303 e. The van der Waals surface area contributed by atoms with Crippen LogP contribution in [-0.4, -0.2) is 42.1 Å². The lowest BCUT2D eigenvalue weighted by atomic mass is 10.1. The summed E-state index contributed by atoms with van der Waals surface area (Å²) in [7, 11) is 0. The summed E-state index contributed by atoms with van der Waals surface area (Å²) in [6, 6.07) is 0. The van der Waals surface area contributed by atoms with Gasteiger partial charge in [-0.1, -0.05) is 0 Å². The largest absolute Gasteiger partial charge is 0.458 e. The van der Waals surface area contributed by atoms with Gasteiger partial charge in [0.25, 0.3) is 0 Å². The second-order valence-corrected chi connectivity index (χ2v) is 2.88. The molecule has 0 saturated carbocycles. The molecule has 86 valence electrons. The third-order valence-corrected chi connectivity index (χ3v) is 1.56. The van der Waals surface area contributed by atoms with Gasteiger partial charge in [0.2, 0.25) is 0 Å². The van der Waals surface area contributed by atoms with Crippen molar-refractivity contribution in [2.24, 2.45) is 0 Å². The number of aliphatic hydroxyl groups excluding tert-OH is 1. The highest BCUT2D eigenvalue weighted by Gasteiger charge is 2.26. The van der Waals surface area contributed by atoms with Crippen molar-refractivity contribution in [2.75, 3.05) is 6.61 Å². The number of hydrogen-bond donors (Lipinski definition) is 1. The van der Waals surface area contributed by atoms with E-state index in [1.165, 1.54) is 6.92 Å². The second-order valence-electron chi connectivity index (χ2n) is 2.88. The van der Waals surface area contributed by atoms with Gasteiger partial charge in [-0.15, -0.1) is 0 Å². The third-order valence-electron chi connectivity index (χ3n) is 1.56. The average molecular weight is 218 g/mol. The zero-order valence-electron chi connectivity index (χ0n) is 8.63. The first-order chi connectivity index (χ1) is 7.01. The Morgan fingerprint density at radius 3 is 2.00 bits per heavy atom. The summed E-state index contributed by atoms with van der Waals surface area (Å²) >= 11 is 0. The van der Waals surface area contributed by atoms with Gasteiger partial charge in [0.05, 0.1) is 6.61 Å². The van der Waals surface area contributed by atoms with Crippen LogP contribution in [0.15, 0.2) is 0 Å². The zero-order chi connectivity index (χ0) is 11.8. The van der Waals surface area contributed by atoms with E-state index < -0.39 is 30.8 Å². The highest BCUT2D eigenvalue weighted by Crippen LogP contribution is 2.08. The molecule has 0 bridgehead atoms. The minimum atomic E-state index is -1.00. The predicted molar refractivity (Wildman–Crippen MR) is 48.9 cm³/mol. The van der Waals surface area contributed by atoms with Crippen molar-refractivity contribution in [3.8, 4) is 0 Å². The Morgan fingerprint density at radius 2 is 1.67 bits per heavy atom. The Hall–Kier alpha value is -1.43. The normalized spacial score (nSPS) is 13.8. The molecule has 0 aromatic heterocycles. The maximum absolute atomic E-state index is 10.7. The van der Waals surface area contributed by atoms with Gasteiger partial charge in [-0.2, -0.15) is 0 Å². The smallest absolute Gasteiger partial charge is 0.303 e. The summed E-state index contributed by atoms with van der Waals surface area (Å²) in [6.45, 7) is 1.82. The van der Waals surface area contributed by atoms with Crippen LogP contribution in [0.5, 0.6) is 0 Å². The molecule has 0 saturated heterocycles. The standard InChI is InChI=1S/C9H14O6/c1-6(12)14-8(3-4-10)9(5-11)15-7(2)13/h4,8-9,11H,3,5H2,1-2H3/t8-,9+/m0/s1. The van der Waals surface area contributed by atoms with E-state index in [2.05, 4.69) is 0 Å². The lowest BCUT2D eigenvalue weighted by Crippen LogP contribution is -2.37. The van der Waals surface area contributed by atoms with Gasteiger partial charge in [0.1, 0.15) is 12.4 Å². The molecule has 0 rings (SSSR count). The van der Waals surface area contributed by atoms with Gasteiger partial charge < -0.3 is 19.4 Å². The van der Waals surface area contributed by atoms with Crippen LogP contribution in [0.4, 0.5) is 0 Å². The molecule has 2 atom stereocenters. The molecular formula is C9H14O6. The molecule has 0 radical (unpaired) electrons. The van der Waals surface area contributed by atoms with Crippen molar-refractivity contribution in [1.29, 1.82) is 0 Å². The minimum absolute atomic E-state index is 0.127. The van der Waals surface area contributed by atoms with Gasteiger partial charge in [-0.3, -0.25) is 9.59 Å². The minimum Gasteiger partial charge on any atom is -0.458 e. The van der Waals surface area contributed by atoms with Crippen molar-refractivity contribution in [2.45, 2.75) is 32.5 Å². The van der Waals surface area contributed by atoms with Crippen molar-refractivity contribution >= 4 is 18.2 Å². The molecule has 0 aliphatic carbocycles. The quantitative estimate of drug-likeness (QED) is 0.474. The topological polar surface area (TPSA) is 89.9 Å². The van der Waals surface area contributed by atoms with Crippen LogP contribution in [0.2, 0.25) is 0 Å². The van der Waals surface area contributed by atoms with Crippen molar-refractivity contribution < 1.29 is 29.0 Å². The number of aliphatic hydroxyl groups is 1. The van der Waals surface area contributed by atoms with E-state index in [9.17, 15) is 14.4 Å². The monoisotopic (exact) mass is 218 g/mol. The van der Waals surface area contributed by atoms with E-state index in [0.29, 0.717) is 6.29 Å². The van der Waals surface area contributed by atoms with E-state index >= 15 is 0 Å². The molecule has 0 aromatic carbocycles. The van der Waals surface area contributed by atoms with Gasteiger partial charge in [0, 0.05) is 20.3 Å². The first-order valence-electron chi connectivity index (χ1n) is 4.40. The summed E-state index contributed by atoms with van der Waals surface area (Å²) in [6.07, 6.45) is -1.54. The van der Waals surface area contributed by atoms with Crippen molar-refractivity contribution in [1.82, 2.24) is 0 Å². The molecule has 0 aliphatic heterocycles. The van der Waals surface area contributed by atoms with Gasteiger partial charge in [-0.25, -0.2) is 0 Å².